The molecule has 1 fully saturated rings. The van der Waals surface area contributed by atoms with Crippen LogP contribution in [0.5, 0.6) is 0 Å². The van der Waals surface area contributed by atoms with Crippen LogP contribution in [0.25, 0.3) is 0 Å². The van der Waals surface area contributed by atoms with E-state index in [1.807, 2.05) is 18.2 Å². The van der Waals surface area contributed by atoms with Crippen LogP contribution in [0.3, 0.4) is 0 Å². The minimum Gasteiger partial charge on any atom is -0.389 e. The van der Waals surface area contributed by atoms with Crippen molar-refractivity contribution >= 4 is 34.5 Å². The van der Waals surface area contributed by atoms with Gasteiger partial charge in [0, 0.05) is 11.6 Å². The highest BCUT2D eigenvalue weighted by atomic mass is 35.5. The van der Waals surface area contributed by atoms with Crippen LogP contribution in [0.4, 0.5) is 5.69 Å². The minimum absolute atomic E-state index is 0.384. The summed E-state index contributed by atoms with van der Waals surface area (Å²) in [6.45, 7) is 2.31. The van der Waals surface area contributed by atoms with Crippen molar-refractivity contribution in [3.05, 3.63) is 28.8 Å². The quantitative estimate of drug-likeness (QED) is 0.824. The summed E-state index contributed by atoms with van der Waals surface area (Å²) in [6.07, 6.45) is 5.07. The molecule has 98 valence electrons. The van der Waals surface area contributed by atoms with Crippen molar-refractivity contribution < 1.29 is 0 Å². The Balaban J connectivity index is 2.07. The van der Waals surface area contributed by atoms with Crippen LogP contribution in [0.2, 0.25) is 5.02 Å². The molecule has 4 heteroatoms. The van der Waals surface area contributed by atoms with E-state index in [9.17, 15) is 0 Å². The average molecular weight is 283 g/mol. The van der Waals surface area contributed by atoms with Crippen LogP contribution < -0.4 is 11.1 Å². The Labute approximate surface area is 119 Å². The summed E-state index contributed by atoms with van der Waals surface area (Å²) in [6, 6.07) is 6.25. The van der Waals surface area contributed by atoms with Gasteiger partial charge in [0.15, 0.2) is 0 Å². The predicted molar refractivity (Wildman–Crippen MR) is 82.4 cm³/mol. The van der Waals surface area contributed by atoms with Crippen molar-refractivity contribution in [2.45, 2.75) is 38.6 Å². The smallest absolute Gasteiger partial charge is 0.104 e. The Morgan fingerprint density at radius 3 is 2.83 bits per heavy atom. The third-order valence-electron chi connectivity index (χ3n) is 3.55. The first-order valence-electron chi connectivity index (χ1n) is 6.42. The molecule has 1 saturated carbocycles. The second-order valence-electron chi connectivity index (χ2n) is 5.17. The van der Waals surface area contributed by atoms with Crippen LogP contribution in [-0.4, -0.2) is 11.0 Å². The maximum absolute atomic E-state index is 6.25. The molecule has 2 nitrogen and oxygen atoms in total. The summed E-state index contributed by atoms with van der Waals surface area (Å²) in [5.41, 5.74) is 7.39. The zero-order chi connectivity index (χ0) is 13.1. The summed E-state index contributed by atoms with van der Waals surface area (Å²) in [7, 11) is 0. The van der Waals surface area contributed by atoms with Crippen LogP contribution in [-0.2, 0) is 0 Å². The molecule has 1 aliphatic rings. The number of nitrogens with one attached hydrogen (secondary N) is 1. The summed E-state index contributed by atoms with van der Waals surface area (Å²) in [5.74, 6) is 0.797. The zero-order valence-electron chi connectivity index (χ0n) is 10.6. The number of hydrogen-bond donors (Lipinski definition) is 2. The van der Waals surface area contributed by atoms with Crippen molar-refractivity contribution in [2.24, 2.45) is 11.7 Å². The summed E-state index contributed by atoms with van der Waals surface area (Å²) >= 11 is 11.2. The van der Waals surface area contributed by atoms with E-state index in [0.717, 1.165) is 17.2 Å². The fourth-order valence-electron chi connectivity index (χ4n) is 2.57. The second kappa shape index (κ2) is 5.89. The third-order valence-corrected chi connectivity index (χ3v) is 4.10. The standard InChI is InChI=1S/C14H19ClN2S/c1-9-3-2-4-11(7-9)17-13-6-5-10(14(16)18)8-12(13)15/h5-6,8-9,11,17H,2-4,7H2,1H3,(H2,16,18). The van der Waals surface area contributed by atoms with E-state index < -0.39 is 0 Å². The first-order chi connectivity index (χ1) is 8.56. The number of rotatable bonds is 3. The van der Waals surface area contributed by atoms with Gasteiger partial charge in [-0.05, 0) is 37.0 Å². The average Bonchev–Trinajstić information content (AvgIpc) is 2.31. The summed E-state index contributed by atoms with van der Waals surface area (Å²) < 4.78 is 0. The number of benzene rings is 1. The van der Waals surface area contributed by atoms with Gasteiger partial charge in [0.25, 0.3) is 0 Å². The van der Waals surface area contributed by atoms with E-state index in [4.69, 9.17) is 29.6 Å². The van der Waals surface area contributed by atoms with E-state index >= 15 is 0 Å². The molecule has 0 saturated heterocycles. The molecule has 0 radical (unpaired) electrons. The molecule has 0 amide bonds. The monoisotopic (exact) mass is 282 g/mol. The minimum atomic E-state index is 0.384. The van der Waals surface area contributed by atoms with Crippen molar-refractivity contribution in [3.63, 3.8) is 0 Å². The molecule has 0 spiro atoms. The third kappa shape index (κ3) is 3.36. The van der Waals surface area contributed by atoms with Crippen molar-refractivity contribution in [3.8, 4) is 0 Å². The molecule has 18 heavy (non-hydrogen) atoms. The number of anilines is 1. The van der Waals surface area contributed by atoms with Gasteiger partial charge in [0.05, 0.1) is 10.7 Å². The van der Waals surface area contributed by atoms with Crippen molar-refractivity contribution in [1.29, 1.82) is 0 Å². The molecule has 2 atom stereocenters. The zero-order valence-corrected chi connectivity index (χ0v) is 12.2. The largest absolute Gasteiger partial charge is 0.389 e. The second-order valence-corrected chi connectivity index (χ2v) is 6.02. The van der Waals surface area contributed by atoms with Gasteiger partial charge in [0.2, 0.25) is 0 Å². The molecule has 2 rings (SSSR count). The first kappa shape index (κ1) is 13.6. The fraction of sp³-hybridized carbons (Fsp3) is 0.500. The SMILES string of the molecule is CC1CCCC(Nc2ccc(C(N)=S)cc2Cl)C1. The summed E-state index contributed by atoms with van der Waals surface area (Å²) in [5, 5.41) is 4.22. The molecular weight excluding hydrogens is 264 g/mol. The Bertz CT molecular complexity index is 447. The lowest BCUT2D eigenvalue weighted by molar-refractivity contribution is 0.358. The number of nitrogens with two attached hydrogens (primary N) is 1. The topological polar surface area (TPSA) is 38.0 Å². The Morgan fingerprint density at radius 2 is 2.22 bits per heavy atom. The van der Waals surface area contributed by atoms with Gasteiger partial charge in [-0.15, -0.1) is 0 Å². The van der Waals surface area contributed by atoms with Crippen LogP contribution >= 0.6 is 23.8 Å². The van der Waals surface area contributed by atoms with Gasteiger partial charge in [-0.2, -0.15) is 0 Å². The van der Waals surface area contributed by atoms with E-state index in [1.54, 1.807) is 0 Å². The van der Waals surface area contributed by atoms with E-state index in [0.29, 0.717) is 16.1 Å². The lowest BCUT2D eigenvalue weighted by atomic mass is 9.87. The van der Waals surface area contributed by atoms with Gasteiger partial charge in [-0.25, -0.2) is 0 Å². The fourth-order valence-corrected chi connectivity index (χ4v) is 2.93. The highest BCUT2D eigenvalue weighted by molar-refractivity contribution is 7.80. The van der Waals surface area contributed by atoms with E-state index in [2.05, 4.69) is 12.2 Å². The first-order valence-corrected chi connectivity index (χ1v) is 7.21. The molecule has 1 aromatic carbocycles. The van der Waals surface area contributed by atoms with E-state index in [1.165, 1.54) is 25.7 Å². The number of halogens is 1. The normalized spacial score (nSPS) is 23.7. The molecule has 0 bridgehead atoms. The lowest BCUT2D eigenvalue weighted by Crippen LogP contribution is -2.26. The van der Waals surface area contributed by atoms with Gasteiger partial charge in [-0.1, -0.05) is 43.6 Å². The van der Waals surface area contributed by atoms with Crippen molar-refractivity contribution in [2.75, 3.05) is 5.32 Å². The van der Waals surface area contributed by atoms with Crippen LogP contribution in [0.1, 0.15) is 38.2 Å². The molecule has 1 aliphatic carbocycles. The van der Waals surface area contributed by atoms with Gasteiger partial charge in [0.1, 0.15) is 4.99 Å². The molecular formula is C14H19ClN2S. The Kier molecular flexibility index (Phi) is 4.46. The highest BCUT2D eigenvalue weighted by Crippen LogP contribution is 2.29. The van der Waals surface area contributed by atoms with Crippen LogP contribution in [0.15, 0.2) is 18.2 Å². The van der Waals surface area contributed by atoms with E-state index in [-0.39, 0.29) is 0 Å². The highest BCUT2D eigenvalue weighted by Gasteiger charge is 2.19. The molecule has 3 N–H and O–H groups in total. The maximum atomic E-state index is 6.25. The summed E-state index contributed by atoms with van der Waals surface area (Å²) in [4.78, 5) is 0.384. The van der Waals surface area contributed by atoms with Gasteiger partial charge >= 0.3 is 0 Å². The maximum Gasteiger partial charge on any atom is 0.104 e. The Morgan fingerprint density at radius 1 is 1.44 bits per heavy atom. The molecule has 0 aromatic heterocycles. The molecule has 2 unspecified atom stereocenters. The van der Waals surface area contributed by atoms with Gasteiger partial charge in [-0.3, -0.25) is 0 Å². The van der Waals surface area contributed by atoms with Gasteiger partial charge < -0.3 is 11.1 Å². The number of thiocarbonyl (C=S) groups is 1. The Hall–Kier alpha value is -0.800. The predicted octanol–water partition coefficient (Wildman–Crippen LogP) is 3.96. The number of hydrogen-bond acceptors (Lipinski definition) is 2. The van der Waals surface area contributed by atoms with Crippen molar-refractivity contribution in [1.82, 2.24) is 0 Å². The molecule has 1 aromatic rings. The molecule has 0 heterocycles. The van der Waals surface area contributed by atoms with Crippen LogP contribution in [0, 0.1) is 5.92 Å². The lowest BCUT2D eigenvalue weighted by Gasteiger charge is -2.28. The molecule has 0 aliphatic heterocycles.